The van der Waals surface area contributed by atoms with Crippen LogP contribution in [0.5, 0.6) is 34.5 Å². The molecule has 146 valence electrons. The quantitative estimate of drug-likeness (QED) is 0.794. The Bertz CT molecular complexity index is 826. The van der Waals surface area contributed by atoms with Crippen LogP contribution in [0.25, 0.3) is 0 Å². The first kappa shape index (κ1) is 16.1. The predicted octanol–water partition coefficient (Wildman–Crippen LogP) is 2.55. The minimum atomic E-state index is -0.393. The Morgan fingerprint density at radius 3 is 1.57 bits per heavy atom. The number of rotatable bonds is 4. The van der Waals surface area contributed by atoms with Crippen LogP contribution in [-0.2, 0) is 9.47 Å². The number of hydrogen-bond donors (Lipinski definition) is 0. The second-order valence-electron chi connectivity index (χ2n) is 7.00. The Labute approximate surface area is 160 Å². The largest absolute Gasteiger partial charge is 0.464 e. The lowest BCUT2D eigenvalue weighted by Gasteiger charge is -2.18. The molecule has 8 nitrogen and oxygen atoms in total. The Morgan fingerprint density at radius 2 is 1.07 bits per heavy atom. The average Bonchev–Trinajstić information content (AvgIpc) is 3.47. The summed E-state index contributed by atoms with van der Waals surface area (Å²) in [4.78, 5) is 0. The normalized spacial score (nSPS) is 29.0. The number of hydrogen-bond acceptors (Lipinski definition) is 8. The molecule has 0 N–H and O–H groups in total. The van der Waals surface area contributed by atoms with Crippen LogP contribution in [0.1, 0.15) is 0 Å². The second kappa shape index (κ2) is 6.35. The maximum Gasteiger partial charge on any atom is 0.231 e. The van der Waals surface area contributed by atoms with Crippen LogP contribution >= 0.6 is 0 Å². The van der Waals surface area contributed by atoms with Crippen LogP contribution in [-0.4, -0.2) is 39.4 Å². The van der Waals surface area contributed by atoms with E-state index in [0.717, 1.165) is 11.5 Å². The number of benzene rings is 2. The lowest BCUT2D eigenvalue weighted by atomic mass is 9.98. The van der Waals surface area contributed by atoms with E-state index in [1.54, 1.807) is 0 Å². The van der Waals surface area contributed by atoms with E-state index in [9.17, 15) is 0 Å². The molecule has 0 unspecified atom stereocenters. The van der Waals surface area contributed by atoms with Crippen molar-refractivity contribution >= 4 is 0 Å². The highest BCUT2D eigenvalue weighted by atomic mass is 16.7. The van der Waals surface area contributed by atoms with Crippen LogP contribution in [0.2, 0.25) is 0 Å². The summed E-state index contributed by atoms with van der Waals surface area (Å²) in [7, 11) is 0. The van der Waals surface area contributed by atoms with E-state index in [-0.39, 0.29) is 25.4 Å². The van der Waals surface area contributed by atoms with E-state index >= 15 is 0 Å². The molecule has 4 heterocycles. The van der Waals surface area contributed by atoms with Crippen molar-refractivity contribution < 1.29 is 37.9 Å². The summed E-state index contributed by atoms with van der Waals surface area (Å²) in [6.07, 6.45) is -0.786. The molecule has 4 aliphatic rings. The smallest absolute Gasteiger partial charge is 0.231 e. The van der Waals surface area contributed by atoms with Gasteiger partial charge >= 0.3 is 0 Å². The maximum absolute atomic E-state index is 6.04. The van der Waals surface area contributed by atoms with Crippen molar-refractivity contribution in [2.24, 2.45) is 11.8 Å². The molecule has 4 aliphatic heterocycles. The lowest BCUT2D eigenvalue weighted by Crippen LogP contribution is -2.28. The minimum Gasteiger partial charge on any atom is -0.464 e. The van der Waals surface area contributed by atoms with E-state index in [0.29, 0.717) is 36.2 Å². The molecule has 2 aromatic rings. The van der Waals surface area contributed by atoms with Gasteiger partial charge in [-0.3, -0.25) is 0 Å². The van der Waals surface area contributed by atoms with Crippen molar-refractivity contribution in [3.05, 3.63) is 36.4 Å². The van der Waals surface area contributed by atoms with Gasteiger partial charge in [-0.1, -0.05) is 0 Å². The van der Waals surface area contributed by atoms with Crippen LogP contribution < -0.4 is 28.4 Å². The molecule has 0 bridgehead atoms. The van der Waals surface area contributed by atoms with Gasteiger partial charge in [0.1, 0.15) is 11.5 Å². The Morgan fingerprint density at radius 1 is 0.607 bits per heavy atom. The van der Waals surface area contributed by atoms with Gasteiger partial charge in [0.25, 0.3) is 0 Å². The SMILES string of the molecule is c1cc2c(cc1O[C@@H]1OC[C@H]3[C@@H](Oc4ccc5c(c4)OCO5)OC[C@H]13)OCO2. The van der Waals surface area contributed by atoms with Crippen molar-refractivity contribution in [3.63, 3.8) is 0 Å². The van der Waals surface area contributed by atoms with Gasteiger partial charge in [0, 0.05) is 12.1 Å². The fourth-order valence-corrected chi connectivity index (χ4v) is 3.88. The number of ether oxygens (including phenoxy) is 8. The minimum absolute atomic E-state index is 0.0874. The molecule has 2 fully saturated rings. The first-order valence-electron chi connectivity index (χ1n) is 9.19. The Hall–Kier alpha value is -2.84. The predicted molar refractivity (Wildman–Crippen MR) is 92.8 cm³/mol. The summed E-state index contributed by atoms with van der Waals surface area (Å²) in [5, 5.41) is 0. The average molecular weight is 386 g/mol. The van der Waals surface area contributed by atoms with Gasteiger partial charge < -0.3 is 37.9 Å². The fourth-order valence-electron chi connectivity index (χ4n) is 3.88. The van der Waals surface area contributed by atoms with Gasteiger partial charge in [-0.25, -0.2) is 0 Å². The molecule has 2 aromatic carbocycles. The van der Waals surface area contributed by atoms with Crippen molar-refractivity contribution in [3.8, 4) is 34.5 Å². The van der Waals surface area contributed by atoms with Crippen LogP contribution in [0.3, 0.4) is 0 Å². The zero-order valence-corrected chi connectivity index (χ0v) is 14.9. The third-order valence-electron chi connectivity index (χ3n) is 5.35. The molecule has 0 aliphatic carbocycles. The summed E-state index contributed by atoms with van der Waals surface area (Å²) in [6.45, 7) is 1.48. The third kappa shape index (κ3) is 2.68. The topological polar surface area (TPSA) is 73.8 Å². The van der Waals surface area contributed by atoms with Crippen LogP contribution in [0, 0.1) is 11.8 Å². The van der Waals surface area contributed by atoms with Crippen molar-refractivity contribution in [2.75, 3.05) is 26.8 Å². The summed E-state index contributed by atoms with van der Waals surface area (Å²) in [5.74, 6) is 4.33. The van der Waals surface area contributed by atoms with E-state index < -0.39 is 12.6 Å². The highest BCUT2D eigenvalue weighted by molar-refractivity contribution is 5.47. The van der Waals surface area contributed by atoms with Crippen molar-refractivity contribution in [2.45, 2.75) is 12.6 Å². The van der Waals surface area contributed by atoms with Gasteiger partial charge in [0.15, 0.2) is 23.0 Å². The van der Waals surface area contributed by atoms with Crippen molar-refractivity contribution in [1.29, 1.82) is 0 Å². The van der Waals surface area contributed by atoms with Gasteiger partial charge in [0.05, 0.1) is 25.0 Å². The highest BCUT2D eigenvalue weighted by Crippen LogP contribution is 2.42. The highest BCUT2D eigenvalue weighted by Gasteiger charge is 2.50. The summed E-state index contributed by atoms with van der Waals surface area (Å²) < 4.78 is 45.3. The Kier molecular flexibility index (Phi) is 3.66. The molecule has 0 radical (unpaired) electrons. The molecule has 28 heavy (non-hydrogen) atoms. The Balaban J connectivity index is 1.13. The zero-order chi connectivity index (χ0) is 18.5. The molecular weight excluding hydrogens is 368 g/mol. The fraction of sp³-hybridized carbons (Fsp3) is 0.400. The van der Waals surface area contributed by atoms with Crippen LogP contribution in [0.4, 0.5) is 0 Å². The second-order valence-corrected chi connectivity index (χ2v) is 7.00. The van der Waals surface area contributed by atoms with E-state index in [1.165, 1.54) is 0 Å². The van der Waals surface area contributed by atoms with Gasteiger partial charge in [-0.2, -0.15) is 0 Å². The molecule has 2 saturated heterocycles. The standard InChI is InChI=1S/C20H18O8/c1-3-15-17(25-9-23-15)5-11(1)27-19-13-7-22-20(14(13)8-21-19)28-12-2-4-16-18(6-12)26-10-24-16/h1-6,13-14,19-20H,7-10H2/t13-,14+,19-,20+. The maximum atomic E-state index is 6.04. The monoisotopic (exact) mass is 386 g/mol. The zero-order valence-electron chi connectivity index (χ0n) is 14.9. The third-order valence-corrected chi connectivity index (χ3v) is 5.35. The van der Waals surface area contributed by atoms with Gasteiger partial charge in [-0.05, 0) is 24.3 Å². The first-order chi connectivity index (χ1) is 13.8. The molecule has 0 aromatic heterocycles. The molecule has 0 amide bonds. The first-order valence-corrected chi connectivity index (χ1v) is 9.19. The summed E-state index contributed by atoms with van der Waals surface area (Å²) in [6, 6.07) is 11.0. The molecule has 4 atom stereocenters. The molecule has 0 saturated carbocycles. The molecular formula is C20H18O8. The summed E-state index contributed by atoms with van der Waals surface area (Å²) >= 11 is 0. The molecule has 0 spiro atoms. The number of fused-ring (bicyclic) bond motifs is 3. The van der Waals surface area contributed by atoms with Crippen LogP contribution in [0.15, 0.2) is 36.4 Å². The molecule has 6 rings (SSSR count). The molecule has 8 heteroatoms. The van der Waals surface area contributed by atoms with Crippen molar-refractivity contribution in [1.82, 2.24) is 0 Å². The summed E-state index contributed by atoms with van der Waals surface area (Å²) in [5.41, 5.74) is 0. The van der Waals surface area contributed by atoms with E-state index in [1.807, 2.05) is 36.4 Å². The van der Waals surface area contributed by atoms with E-state index in [2.05, 4.69) is 0 Å². The van der Waals surface area contributed by atoms with Gasteiger partial charge in [-0.15, -0.1) is 0 Å². The van der Waals surface area contributed by atoms with E-state index in [4.69, 9.17) is 37.9 Å². The lowest BCUT2D eigenvalue weighted by molar-refractivity contribution is -0.106. The van der Waals surface area contributed by atoms with Gasteiger partial charge in [0.2, 0.25) is 26.2 Å².